The molecule has 4 rings (SSSR count). The van der Waals surface area contributed by atoms with E-state index in [1.165, 1.54) is 25.3 Å². The fourth-order valence-corrected chi connectivity index (χ4v) is 4.10. The van der Waals surface area contributed by atoms with Gasteiger partial charge in [0.1, 0.15) is 11.3 Å². The molecule has 3 aromatic rings. The third kappa shape index (κ3) is 6.73. The van der Waals surface area contributed by atoms with Gasteiger partial charge in [-0.25, -0.2) is 9.69 Å². The van der Waals surface area contributed by atoms with E-state index in [4.69, 9.17) is 14.2 Å². The Morgan fingerprint density at radius 3 is 2.51 bits per heavy atom. The minimum absolute atomic E-state index is 0.207. The molecule has 0 radical (unpaired) electrons. The topological polar surface area (TPSA) is 123 Å². The van der Waals surface area contributed by atoms with E-state index in [0.717, 1.165) is 22.4 Å². The van der Waals surface area contributed by atoms with Gasteiger partial charge in [-0.1, -0.05) is 31.2 Å². The zero-order valence-electron chi connectivity index (χ0n) is 23.3. The number of rotatable bonds is 10. The molecule has 0 spiro atoms. The Hall–Kier alpha value is -5.12. The van der Waals surface area contributed by atoms with Crippen molar-refractivity contribution in [2.75, 3.05) is 30.5 Å². The first kappa shape index (κ1) is 28.9. The summed E-state index contributed by atoms with van der Waals surface area (Å²) in [6.07, 6.45) is 2.15. The summed E-state index contributed by atoms with van der Waals surface area (Å²) in [5.74, 6) is -0.799. The fourth-order valence-electron chi connectivity index (χ4n) is 4.10. The van der Waals surface area contributed by atoms with Crippen molar-refractivity contribution in [2.24, 2.45) is 0 Å². The fraction of sp³-hybridized carbons (Fsp3) is 0.226. The predicted molar refractivity (Wildman–Crippen MR) is 154 cm³/mol. The Morgan fingerprint density at radius 2 is 1.76 bits per heavy atom. The second kappa shape index (κ2) is 12.8. The zero-order chi connectivity index (χ0) is 29.5. The summed E-state index contributed by atoms with van der Waals surface area (Å²) in [5.41, 5.74) is 3.16. The van der Waals surface area contributed by atoms with Gasteiger partial charge in [0.25, 0.3) is 17.7 Å². The van der Waals surface area contributed by atoms with E-state index in [0.29, 0.717) is 35.1 Å². The van der Waals surface area contributed by atoms with Crippen LogP contribution in [0.5, 0.6) is 17.2 Å². The highest BCUT2D eigenvalue weighted by atomic mass is 16.5. The van der Waals surface area contributed by atoms with E-state index in [1.54, 1.807) is 30.3 Å². The number of imide groups is 2. The van der Waals surface area contributed by atoms with Crippen LogP contribution in [0.4, 0.5) is 16.2 Å². The Morgan fingerprint density at radius 1 is 0.976 bits per heavy atom. The lowest BCUT2D eigenvalue weighted by molar-refractivity contribution is -0.122. The van der Waals surface area contributed by atoms with E-state index in [-0.39, 0.29) is 23.8 Å². The minimum Gasteiger partial charge on any atom is -0.493 e. The number of carbonyl (C=O) groups excluding carboxylic acids is 4. The summed E-state index contributed by atoms with van der Waals surface area (Å²) in [5, 5.41) is 5.04. The van der Waals surface area contributed by atoms with Crippen molar-refractivity contribution in [1.82, 2.24) is 5.32 Å². The third-order valence-corrected chi connectivity index (χ3v) is 6.39. The van der Waals surface area contributed by atoms with Crippen LogP contribution in [0.2, 0.25) is 0 Å². The number of amides is 5. The molecule has 0 saturated carbocycles. The average Bonchev–Trinajstić information content (AvgIpc) is 2.96. The first-order chi connectivity index (χ1) is 19.7. The average molecular weight is 558 g/mol. The molecule has 0 aliphatic carbocycles. The first-order valence-electron chi connectivity index (χ1n) is 13.0. The maximum atomic E-state index is 13.4. The number of nitrogens with zero attached hydrogens (tertiary/aromatic N) is 1. The number of barbiturate groups is 1. The molecule has 0 bridgehead atoms. The number of carbonyl (C=O) groups is 4. The highest BCUT2D eigenvalue weighted by Crippen LogP contribution is 2.33. The summed E-state index contributed by atoms with van der Waals surface area (Å²) < 4.78 is 16.7. The van der Waals surface area contributed by atoms with Crippen LogP contribution in [-0.4, -0.2) is 44.1 Å². The van der Waals surface area contributed by atoms with Gasteiger partial charge in [0.15, 0.2) is 18.1 Å². The molecule has 212 valence electrons. The van der Waals surface area contributed by atoms with Crippen LogP contribution in [0.25, 0.3) is 6.08 Å². The SMILES string of the molecule is CCCOc1ccc(N2C(=O)NC(=O)/C(=C/c3cccc(OCC(=O)Nc4cccc(C)c4C)c3)C2=O)cc1OC. The van der Waals surface area contributed by atoms with Crippen LogP contribution < -0.4 is 29.7 Å². The minimum atomic E-state index is -0.881. The lowest BCUT2D eigenvalue weighted by Gasteiger charge is -2.27. The number of aryl methyl sites for hydroxylation is 1. The van der Waals surface area contributed by atoms with Gasteiger partial charge in [0.2, 0.25) is 0 Å². The van der Waals surface area contributed by atoms with Crippen LogP contribution in [0.1, 0.15) is 30.0 Å². The molecular weight excluding hydrogens is 526 g/mol. The van der Waals surface area contributed by atoms with Crippen molar-refractivity contribution >= 4 is 41.2 Å². The summed E-state index contributed by atoms with van der Waals surface area (Å²) in [7, 11) is 1.45. The summed E-state index contributed by atoms with van der Waals surface area (Å²) in [6.45, 7) is 6.08. The molecule has 0 unspecified atom stereocenters. The molecule has 1 heterocycles. The Bertz CT molecular complexity index is 1530. The largest absolute Gasteiger partial charge is 0.493 e. The van der Waals surface area contributed by atoms with Crippen LogP contribution in [0.15, 0.2) is 66.2 Å². The second-order valence-corrected chi connectivity index (χ2v) is 9.30. The van der Waals surface area contributed by atoms with Gasteiger partial charge < -0.3 is 19.5 Å². The molecule has 3 aromatic carbocycles. The van der Waals surface area contributed by atoms with Gasteiger partial charge in [0, 0.05) is 11.8 Å². The number of benzene rings is 3. The highest BCUT2D eigenvalue weighted by Gasteiger charge is 2.37. The molecule has 41 heavy (non-hydrogen) atoms. The number of anilines is 2. The van der Waals surface area contributed by atoms with E-state index >= 15 is 0 Å². The first-order valence-corrected chi connectivity index (χ1v) is 13.0. The molecule has 1 saturated heterocycles. The van der Waals surface area contributed by atoms with Crippen LogP contribution in [0, 0.1) is 13.8 Å². The molecule has 0 atom stereocenters. The molecule has 1 fully saturated rings. The normalized spacial score (nSPS) is 14.1. The molecule has 1 aliphatic rings. The number of nitrogens with one attached hydrogen (secondary N) is 2. The van der Waals surface area contributed by atoms with E-state index in [9.17, 15) is 19.2 Å². The monoisotopic (exact) mass is 557 g/mol. The number of hydrogen-bond acceptors (Lipinski definition) is 7. The number of urea groups is 1. The Labute approximate surface area is 237 Å². The van der Waals surface area contributed by atoms with Gasteiger partial charge >= 0.3 is 6.03 Å². The molecule has 5 amide bonds. The molecular formula is C31H31N3O7. The van der Waals surface area contributed by atoms with Crippen LogP contribution in [-0.2, 0) is 14.4 Å². The van der Waals surface area contributed by atoms with Gasteiger partial charge in [-0.05, 0) is 73.4 Å². The third-order valence-electron chi connectivity index (χ3n) is 6.39. The number of ether oxygens (including phenoxy) is 3. The quantitative estimate of drug-likeness (QED) is 0.272. The van der Waals surface area contributed by atoms with E-state index < -0.39 is 17.8 Å². The summed E-state index contributed by atoms with van der Waals surface area (Å²) in [6, 6.07) is 16.0. The molecule has 10 heteroatoms. The van der Waals surface area contributed by atoms with Crippen molar-refractivity contribution in [2.45, 2.75) is 27.2 Å². The zero-order valence-corrected chi connectivity index (χ0v) is 23.3. The number of hydrogen-bond donors (Lipinski definition) is 2. The van der Waals surface area contributed by atoms with Crippen molar-refractivity contribution in [3.63, 3.8) is 0 Å². The summed E-state index contributed by atoms with van der Waals surface area (Å²) >= 11 is 0. The summed E-state index contributed by atoms with van der Waals surface area (Å²) in [4.78, 5) is 52.0. The maximum Gasteiger partial charge on any atom is 0.335 e. The second-order valence-electron chi connectivity index (χ2n) is 9.30. The maximum absolute atomic E-state index is 13.4. The van der Waals surface area contributed by atoms with Crippen molar-refractivity contribution < 1.29 is 33.4 Å². The Balaban J connectivity index is 1.50. The molecule has 10 nitrogen and oxygen atoms in total. The van der Waals surface area contributed by atoms with E-state index in [1.807, 2.05) is 39.0 Å². The lowest BCUT2D eigenvalue weighted by atomic mass is 10.1. The van der Waals surface area contributed by atoms with Crippen molar-refractivity contribution in [3.8, 4) is 17.2 Å². The molecule has 1 aliphatic heterocycles. The smallest absolute Gasteiger partial charge is 0.335 e. The van der Waals surface area contributed by atoms with Gasteiger partial charge in [-0.2, -0.15) is 0 Å². The van der Waals surface area contributed by atoms with Gasteiger partial charge in [-0.3, -0.25) is 19.7 Å². The lowest BCUT2D eigenvalue weighted by Crippen LogP contribution is -2.54. The predicted octanol–water partition coefficient (Wildman–Crippen LogP) is 4.78. The van der Waals surface area contributed by atoms with Gasteiger partial charge in [-0.15, -0.1) is 0 Å². The molecule has 2 N–H and O–H groups in total. The number of methoxy groups -OCH3 is 1. The highest BCUT2D eigenvalue weighted by molar-refractivity contribution is 6.39. The standard InChI is InChI=1S/C31H31N3O7/c1-5-14-40-26-13-12-22(17-27(26)39-4)34-30(37)24(29(36)33-31(34)38)16-21-9-7-10-23(15-21)41-18-28(35)32-25-11-6-8-19(2)20(25)3/h6-13,15-17H,5,14,18H2,1-4H3,(H,32,35)(H,33,36,38)/b24-16-. The van der Waals surface area contributed by atoms with Crippen LogP contribution in [0.3, 0.4) is 0 Å². The van der Waals surface area contributed by atoms with Crippen molar-refractivity contribution in [3.05, 3.63) is 82.9 Å². The van der Waals surface area contributed by atoms with E-state index in [2.05, 4.69) is 10.6 Å². The molecule has 0 aromatic heterocycles. The Kier molecular flexibility index (Phi) is 9.03. The van der Waals surface area contributed by atoms with Crippen LogP contribution >= 0.6 is 0 Å². The van der Waals surface area contributed by atoms with Crippen molar-refractivity contribution in [1.29, 1.82) is 0 Å². The van der Waals surface area contributed by atoms with Gasteiger partial charge in [0.05, 0.1) is 19.4 Å².